The van der Waals surface area contributed by atoms with Crippen LogP contribution in [0.1, 0.15) is 11.3 Å². The largest absolute Gasteiger partial charge is 0.491 e. The van der Waals surface area contributed by atoms with Crippen LogP contribution >= 0.6 is 12.0 Å². The highest BCUT2D eigenvalue weighted by Crippen LogP contribution is 2.39. The highest BCUT2D eigenvalue weighted by atomic mass is 32.2. The Hall–Kier alpha value is -2.77. The molecule has 1 aromatic carbocycles. The Morgan fingerprint density at radius 2 is 2.04 bits per heavy atom. The molecule has 146 valence electrons. The van der Waals surface area contributed by atoms with Gasteiger partial charge in [0.2, 0.25) is 0 Å². The van der Waals surface area contributed by atoms with Crippen LogP contribution in [0, 0.1) is 11.3 Å². The molecule has 0 saturated carbocycles. The average Bonchev–Trinajstić information content (AvgIpc) is 3.05. The standard InChI is InChI=1S/C18H15F3N4O2S/c1-25-10-23-17-14(9-22)24-13(8-15(17)25)11-3-4-16(26-5-6-27-28-2)12(7-11)18(19,20)21/h3-4,7-8,10H,5-6H2,1-2H3. The number of pyridine rings is 1. The van der Waals surface area contributed by atoms with E-state index in [1.165, 1.54) is 18.5 Å². The summed E-state index contributed by atoms with van der Waals surface area (Å²) in [5.41, 5.74) is 0.606. The summed E-state index contributed by atoms with van der Waals surface area (Å²) >= 11 is 1.11. The van der Waals surface area contributed by atoms with Crippen molar-refractivity contribution in [3.05, 3.63) is 41.9 Å². The van der Waals surface area contributed by atoms with E-state index in [1.54, 1.807) is 23.9 Å². The van der Waals surface area contributed by atoms with Crippen molar-refractivity contribution in [1.82, 2.24) is 14.5 Å². The van der Waals surface area contributed by atoms with Crippen molar-refractivity contribution in [2.45, 2.75) is 6.18 Å². The Morgan fingerprint density at radius 1 is 1.25 bits per heavy atom. The van der Waals surface area contributed by atoms with Gasteiger partial charge in [-0.3, -0.25) is 0 Å². The average molecular weight is 408 g/mol. The summed E-state index contributed by atoms with van der Waals surface area (Å²) in [6.07, 6.45) is -1.39. The van der Waals surface area contributed by atoms with Crippen LogP contribution in [-0.4, -0.2) is 34.0 Å². The summed E-state index contributed by atoms with van der Waals surface area (Å²) in [6.45, 7) is 0.144. The van der Waals surface area contributed by atoms with E-state index in [4.69, 9.17) is 8.92 Å². The molecular weight excluding hydrogens is 393 g/mol. The van der Waals surface area contributed by atoms with Crippen LogP contribution in [0.4, 0.5) is 13.2 Å². The van der Waals surface area contributed by atoms with Crippen molar-refractivity contribution in [1.29, 1.82) is 5.26 Å². The topological polar surface area (TPSA) is 73.0 Å². The van der Waals surface area contributed by atoms with Gasteiger partial charge < -0.3 is 13.5 Å². The molecule has 0 radical (unpaired) electrons. The molecule has 0 atom stereocenters. The second-order valence-corrected chi connectivity index (χ2v) is 6.31. The second-order valence-electron chi connectivity index (χ2n) is 5.74. The normalized spacial score (nSPS) is 11.6. The number of imidazole rings is 1. The van der Waals surface area contributed by atoms with E-state index in [9.17, 15) is 18.4 Å². The molecule has 0 N–H and O–H groups in total. The van der Waals surface area contributed by atoms with Gasteiger partial charge in [-0.15, -0.1) is 0 Å². The van der Waals surface area contributed by atoms with Gasteiger partial charge in [-0.25, -0.2) is 9.97 Å². The van der Waals surface area contributed by atoms with Gasteiger partial charge in [0.25, 0.3) is 0 Å². The van der Waals surface area contributed by atoms with Gasteiger partial charge in [-0.05, 0) is 36.3 Å². The van der Waals surface area contributed by atoms with Crippen molar-refractivity contribution >= 4 is 23.1 Å². The number of ether oxygens (including phenoxy) is 1. The van der Waals surface area contributed by atoms with E-state index in [0.717, 1.165) is 18.1 Å². The van der Waals surface area contributed by atoms with Crippen LogP contribution in [0.5, 0.6) is 5.75 Å². The van der Waals surface area contributed by atoms with Crippen LogP contribution in [0.25, 0.3) is 22.3 Å². The molecule has 10 heteroatoms. The van der Waals surface area contributed by atoms with Crippen LogP contribution < -0.4 is 4.74 Å². The molecule has 0 bridgehead atoms. The third-order valence-electron chi connectivity index (χ3n) is 3.94. The fourth-order valence-corrected chi connectivity index (χ4v) is 2.89. The number of nitriles is 1. The molecule has 0 aliphatic carbocycles. The monoisotopic (exact) mass is 408 g/mol. The van der Waals surface area contributed by atoms with Gasteiger partial charge in [0.1, 0.15) is 23.9 Å². The van der Waals surface area contributed by atoms with Crippen molar-refractivity contribution < 1.29 is 22.1 Å². The molecule has 28 heavy (non-hydrogen) atoms. The Kier molecular flexibility index (Phi) is 5.76. The lowest BCUT2D eigenvalue weighted by Crippen LogP contribution is -2.11. The lowest BCUT2D eigenvalue weighted by molar-refractivity contribution is -0.139. The first-order chi connectivity index (χ1) is 13.3. The third kappa shape index (κ3) is 4.05. The van der Waals surface area contributed by atoms with E-state index in [-0.39, 0.29) is 35.9 Å². The number of aryl methyl sites for hydroxylation is 1. The summed E-state index contributed by atoms with van der Waals surface area (Å²) in [5.74, 6) is -0.289. The maximum Gasteiger partial charge on any atom is 0.419 e. The minimum absolute atomic E-state index is 0.0128. The van der Waals surface area contributed by atoms with Gasteiger partial charge in [-0.1, -0.05) is 0 Å². The van der Waals surface area contributed by atoms with Crippen LogP contribution in [0.15, 0.2) is 30.6 Å². The smallest absolute Gasteiger partial charge is 0.419 e. The zero-order chi connectivity index (χ0) is 20.3. The first-order valence-electron chi connectivity index (χ1n) is 8.07. The van der Waals surface area contributed by atoms with Gasteiger partial charge >= 0.3 is 6.18 Å². The van der Waals surface area contributed by atoms with E-state index < -0.39 is 11.7 Å². The molecule has 0 unspecified atom stereocenters. The molecule has 3 aromatic rings. The van der Waals surface area contributed by atoms with Gasteiger partial charge in [0.05, 0.1) is 29.7 Å². The van der Waals surface area contributed by atoms with Crippen molar-refractivity contribution in [3.8, 4) is 23.1 Å². The fourth-order valence-electron chi connectivity index (χ4n) is 2.66. The Balaban J connectivity index is 2.04. The van der Waals surface area contributed by atoms with Gasteiger partial charge in [-0.2, -0.15) is 18.4 Å². The summed E-state index contributed by atoms with van der Waals surface area (Å²) in [6, 6.07) is 7.24. The van der Waals surface area contributed by atoms with E-state index >= 15 is 0 Å². The predicted octanol–water partition coefficient (Wildman–Crippen LogP) is 4.20. The maximum atomic E-state index is 13.5. The molecule has 0 saturated heterocycles. The SMILES string of the molecule is CSOCCOc1ccc(-c2cc3c(ncn3C)c(C#N)n2)cc1C(F)(F)F. The van der Waals surface area contributed by atoms with E-state index in [0.29, 0.717) is 11.0 Å². The zero-order valence-electron chi connectivity index (χ0n) is 14.9. The third-order valence-corrected chi connectivity index (χ3v) is 4.34. The molecule has 0 aliphatic rings. The van der Waals surface area contributed by atoms with E-state index in [1.807, 2.05) is 6.07 Å². The number of hydrogen-bond acceptors (Lipinski definition) is 6. The predicted molar refractivity (Wildman–Crippen MR) is 98.6 cm³/mol. The lowest BCUT2D eigenvalue weighted by Gasteiger charge is -2.15. The summed E-state index contributed by atoms with van der Waals surface area (Å²) < 4.78 is 52.5. The van der Waals surface area contributed by atoms with Crippen LogP contribution in [-0.2, 0) is 17.4 Å². The Morgan fingerprint density at radius 3 is 2.71 bits per heavy atom. The first-order valence-corrected chi connectivity index (χ1v) is 9.22. The number of halogens is 3. The minimum atomic E-state index is -4.61. The van der Waals surface area contributed by atoms with Gasteiger partial charge in [0, 0.05) is 18.9 Å². The number of hydrogen-bond donors (Lipinski definition) is 0. The number of aromatic nitrogens is 3. The van der Waals surface area contributed by atoms with Crippen LogP contribution in [0.3, 0.4) is 0 Å². The molecule has 2 aromatic heterocycles. The highest BCUT2D eigenvalue weighted by Gasteiger charge is 2.35. The second kappa shape index (κ2) is 8.08. The van der Waals surface area contributed by atoms with Crippen molar-refractivity contribution in [2.24, 2.45) is 7.05 Å². The van der Waals surface area contributed by atoms with Crippen molar-refractivity contribution in [3.63, 3.8) is 0 Å². The van der Waals surface area contributed by atoms with Crippen molar-refractivity contribution in [2.75, 3.05) is 19.5 Å². The number of nitrogens with zero attached hydrogens (tertiary/aromatic N) is 4. The summed E-state index contributed by atoms with van der Waals surface area (Å²) in [5, 5.41) is 9.31. The number of fused-ring (bicyclic) bond motifs is 1. The molecule has 3 rings (SSSR count). The molecule has 0 aliphatic heterocycles. The summed E-state index contributed by atoms with van der Waals surface area (Å²) in [4.78, 5) is 8.28. The highest BCUT2D eigenvalue weighted by molar-refractivity contribution is 7.93. The maximum absolute atomic E-state index is 13.5. The number of rotatable bonds is 6. The molecule has 0 amide bonds. The number of alkyl halides is 3. The molecule has 0 fully saturated rings. The first kappa shape index (κ1) is 20.0. The molecule has 2 heterocycles. The quantitative estimate of drug-likeness (QED) is 0.450. The molecule has 0 spiro atoms. The number of benzene rings is 1. The molecular formula is C18H15F3N4O2S. The molecule has 6 nitrogen and oxygen atoms in total. The minimum Gasteiger partial charge on any atom is -0.491 e. The summed E-state index contributed by atoms with van der Waals surface area (Å²) in [7, 11) is 1.73. The Bertz CT molecular complexity index is 1040. The van der Waals surface area contributed by atoms with E-state index in [2.05, 4.69) is 9.97 Å². The van der Waals surface area contributed by atoms with Crippen LogP contribution in [0.2, 0.25) is 0 Å². The lowest BCUT2D eigenvalue weighted by atomic mass is 10.1. The zero-order valence-corrected chi connectivity index (χ0v) is 15.8. The fraction of sp³-hybridized carbons (Fsp3) is 0.278. The van der Waals surface area contributed by atoms with Gasteiger partial charge in [0.15, 0.2) is 5.69 Å². The Labute approximate surface area is 163 Å².